The maximum Gasteiger partial charge on any atom is 0.367 e. The van der Waals surface area contributed by atoms with Crippen molar-refractivity contribution in [1.82, 2.24) is 0 Å². The van der Waals surface area contributed by atoms with Crippen LogP contribution >= 0.6 is 11.8 Å². The van der Waals surface area contributed by atoms with Gasteiger partial charge in [-0.25, -0.2) is 4.79 Å². The van der Waals surface area contributed by atoms with E-state index in [1.807, 2.05) is 30.3 Å². The summed E-state index contributed by atoms with van der Waals surface area (Å²) < 4.78 is 5.01. The van der Waals surface area contributed by atoms with Gasteiger partial charge in [-0.3, -0.25) is 4.79 Å². The molecule has 0 aromatic heterocycles. The van der Waals surface area contributed by atoms with Crippen LogP contribution in [-0.4, -0.2) is 28.2 Å². The van der Waals surface area contributed by atoms with Gasteiger partial charge >= 0.3 is 11.3 Å². The molecule has 1 aromatic carbocycles. The van der Waals surface area contributed by atoms with E-state index in [1.165, 1.54) is 0 Å². The molecule has 3 N–H and O–H groups in total. The van der Waals surface area contributed by atoms with Crippen LogP contribution in [0.1, 0.15) is 12.0 Å². The summed E-state index contributed by atoms with van der Waals surface area (Å²) in [6, 6.07) is 8.40. The number of ether oxygens (including phenoxy) is 1. The molecule has 0 radical (unpaired) electrons. The maximum atomic E-state index is 11.3. The molecule has 18 heavy (non-hydrogen) atoms. The van der Waals surface area contributed by atoms with Crippen molar-refractivity contribution in [2.75, 3.05) is 5.75 Å². The first-order valence-electron chi connectivity index (χ1n) is 5.41. The highest BCUT2D eigenvalue weighted by Crippen LogP contribution is 2.10. The number of hydrogen-bond acceptors (Lipinski definition) is 5. The average molecular weight is 269 g/mol. The van der Waals surface area contributed by atoms with Crippen LogP contribution in [0.15, 0.2) is 30.3 Å². The van der Waals surface area contributed by atoms with E-state index >= 15 is 0 Å². The van der Waals surface area contributed by atoms with Crippen molar-refractivity contribution in [3.05, 3.63) is 35.9 Å². The summed E-state index contributed by atoms with van der Waals surface area (Å²) >= 11 is 0.937. The Balaban J connectivity index is 2.17. The van der Waals surface area contributed by atoms with E-state index in [0.29, 0.717) is 5.75 Å². The lowest BCUT2D eigenvalue weighted by atomic mass is 10.2. The van der Waals surface area contributed by atoms with Crippen molar-refractivity contribution < 1.29 is 19.4 Å². The Labute approximate surface area is 109 Å². The number of carboxylic acid groups (broad SMARTS) is 1. The first-order valence-corrected chi connectivity index (χ1v) is 6.40. The van der Waals surface area contributed by atoms with Gasteiger partial charge in [-0.15, -0.1) is 0 Å². The van der Waals surface area contributed by atoms with E-state index in [0.717, 1.165) is 17.3 Å². The zero-order valence-electron chi connectivity index (χ0n) is 9.74. The Morgan fingerprint density at radius 1 is 1.33 bits per heavy atom. The average Bonchev–Trinajstić information content (AvgIpc) is 2.37. The predicted molar refractivity (Wildman–Crippen MR) is 69.3 cm³/mol. The SMILES string of the molecule is N[C@@H](CCSC(=O)OCc1ccccc1)C(=O)O. The Morgan fingerprint density at radius 3 is 2.61 bits per heavy atom. The summed E-state index contributed by atoms with van der Waals surface area (Å²) in [7, 11) is 0. The number of rotatable bonds is 6. The molecule has 0 aliphatic heterocycles. The second-order valence-electron chi connectivity index (χ2n) is 3.61. The molecule has 1 rings (SSSR count). The van der Waals surface area contributed by atoms with Crippen molar-refractivity contribution in [3.63, 3.8) is 0 Å². The highest BCUT2D eigenvalue weighted by atomic mass is 32.2. The molecular formula is C12H15NO4S. The topological polar surface area (TPSA) is 89.6 Å². The predicted octanol–water partition coefficient (Wildman–Crippen LogP) is 1.86. The lowest BCUT2D eigenvalue weighted by Crippen LogP contribution is -2.30. The van der Waals surface area contributed by atoms with Crippen LogP contribution in [-0.2, 0) is 16.1 Å². The summed E-state index contributed by atoms with van der Waals surface area (Å²) in [5.41, 5.74) is 6.21. The second-order valence-corrected chi connectivity index (χ2v) is 4.64. The molecule has 6 heteroatoms. The molecule has 0 spiro atoms. The number of carboxylic acids is 1. The third kappa shape index (κ3) is 5.70. The van der Waals surface area contributed by atoms with Crippen LogP contribution < -0.4 is 5.73 Å². The zero-order valence-corrected chi connectivity index (χ0v) is 10.6. The van der Waals surface area contributed by atoms with Crippen molar-refractivity contribution in [2.45, 2.75) is 19.1 Å². The van der Waals surface area contributed by atoms with Crippen LogP contribution in [0.4, 0.5) is 4.79 Å². The fourth-order valence-electron chi connectivity index (χ4n) is 1.15. The van der Waals surface area contributed by atoms with E-state index in [4.69, 9.17) is 15.6 Å². The highest BCUT2D eigenvalue weighted by Gasteiger charge is 2.12. The first-order chi connectivity index (χ1) is 8.59. The number of nitrogens with two attached hydrogens (primary N) is 1. The lowest BCUT2D eigenvalue weighted by Gasteiger charge is -2.06. The summed E-state index contributed by atoms with van der Waals surface area (Å²) in [6.45, 7) is 0.220. The van der Waals surface area contributed by atoms with E-state index < -0.39 is 17.3 Å². The smallest absolute Gasteiger partial charge is 0.367 e. The third-order valence-electron chi connectivity index (χ3n) is 2.17. The van der Waals surface area contributed by atoms with Gasteiger partial charge < -0.3 is 15.6 Å². The molecule has 0 saturated heterocycles. The molecule has 1 aromatic rings. The first kappa shape index (κ1) is 14.5. The number of aliphatic carboxylic acids is 1. The van der Waals surface area contributed by atoms with Crippen molar-refractivity contribution >= 4 is 23.0 Å². The number of carbonyl (C=O) groups excluding carboxylic acids is 1. The molecule has 0 unspecified atom stereocenters. The Kier molecular flexibility index (Phi) is 6.24. The van der Waals surface area contributed by atoms with Crippen LogP contribution in [0, 0.1) is 0 Å². The zero-order chi connectivity index (χ0) is 13.4. The van der Waals surface area contributed by atoms with Gasteiger partial charge in [-0.05, 0) is 23.7 Å². The summed E-state index contributed by atoms with van der Waals surface area (Å²) in [5.74, 6) is -0.727. The molecular weight excluding hydrogens is 254 g/mol. The molecule has 98 valence electrons. The van der Waals surface area contributed by atoms with Gasteiger partial charge in [0.05, 0.1) is 0 Å². The monoisotopic (exact) mass is 269 g/mol. The van der Waals surface area contributed by atoms with Crippen LogP contribution in [0.2, 0.25) is 0 Å². The summed E-state index contributed by atoms with van der Waals surface area (Å²) in [4.78, 5) is 21.8. The molecule has 0 bridgehead atoms. The van der Waals surface area contributed by atoms with Crippen molar-refractivity contribution in [3.8, 4) is 0 Å². The van der Waals surface area contributed by atoms with Crippen molar-refractivity contribution in [1.29, 1.82) is 0 Å². The normalized spacial score (nSPS) is 11.8. The largest absolute Gasteiger partial charge is 0.480 e. The van der Waals surface area contributed by atoms with Crippen LogP contribution in [0.5, 0.6) is 0 Å². The standard InChI is InChI=1S/C12H15NO4S/c13-10(11(14)15)6-7-18-12(16)17-8-9-4-2-1-3-5-9/h1-5,10H,6-8,13H2,(H,14,15)/t10-/m0/s1. The van der Waals surface area contributed by atoms with Gasteiger partial charge in [-0.2, -0.15) is 0 Å². The van der Waals surface area contributed by atoms with E-state index in [-0.39, 0.29) is 13.0 Å². The molecule has 0 aliphatic rings. The molecule has 0 aliphatic carbocycles. The van der Waals surface area contributed by atoms with Gasteiger partial charge in [0.1, 0.15) is 12.6 Å². The minimum atomic E-state index is -1.06. The minimum Gasteiger partial charge on any atom is -0.480 e. The quantitative estimate of drug-likeness (QED) is 0.766. The van der Waals surface area contributed by atoms with Gasteiger partial charge in [-0.1, -0.05) is 30.3 Å². The molecule has 0 saturated carbocycles. The molecule has 1 atom stereocenters. The number of carbonyl (C=O) groups is 2. The highest BCUT2D eigenvalue weighted by molar-refractivity contribution is 8.13. The molecule has 5 nitrogen and oxygen atoms in total. The fourth-order valence-corrected chi connectivity index (χ4v) is 1.83. The van der Waals surface area contributed by atoms with E-state index in [9.17, 15) is 9.59 Å². The number of thioether (sulfide) groups is 1. The van der Waals surface area contributed by atoms with E-state index in [1.54, 1.807) is 0 Å². The fraction of sp³-hybridized carbons (Fsp3) is 0.333. The summed E-state index contributed by atoms with van der Waals surface area (Å²) in [5, 5.41) is 8.13. The van der Waals surface area contributed by atoms with E-state index in [2.05, 4.69) is 0 Å². The Bertz CT molecular complexity index is 396. The van der Waals surface area contributed by atoms with Gasteiger partial charge in [0.15, 0.2) is 0 Å². The Hall–Kier alpha value is -1.53. The maximum absolute atomic E-state index is 11.3. The Morgan fingerprint density at radius 2 is 2.00 bits per heavy atom. The van der Waals surface area contributed by atoms with Crippen molar-refractivity contribution in [2.24, 2.45) is 5.73 Å². The second kappa shape index (κ2) is 7.73. The van der Waals surface area contributed by atoms with Crippen LogP contribution in [0.3, 0.4) is 0 Å². The third-order valence-corrected chi connectivity index (χ3v) is 2.96. The van der Waals surface area contributed by atoms with Gasteiger partial charge in [0.2, 0.25) is 0 Å². The minimum absolute atomic E-state index is 0.220. The van der Waals surface area contributed by atoms with Gasteiger partial charge in [0, 0.05) is 5.75 Å². The molecule has 0 fully saturated rings. The lowest BCUT2D eigenvalue weighted by molar-refractivity contribution is -0.138. The van der Waals surface area contributed by atoms with Crippen LogP contribution in [0.25, 0.3) is 0 Å². The number of benzene rings is 1. The van der Waals surface area contributed by atoms with Gasteiger partial charge in [0.25, 0.3) is 0 Å². The molecule has 0 heterocycles. The summed E-state index contributed by atoms with van der Waals surface area (Å²) in [6.07, 6.45) is 0.237. The molecule has 0 amide bonds. The number of hydrogen-bond donors (Lipinski definition) is 2.